The molecular formula is C15H29NO. The molecule has 17 heavy (non-hydrogen) atoms. The fourth-order valence-corrected chi connectivity index (χ4v) is 2.84. The van der Waals surface area contributed by atoms with Gasteiger partial charge in [-0.25, -0.2) is 0 Å². The summed E-state index contributed by atoms with van der Waals surface area (Å²) in [5, 5.41) is 0. The maximum absolute atomic E-state index is 12.7. The maximum Gasteiger partial charge on any atom is 0.155 e. The van der Waals surface area contributed by atoms with Crippen molar-refractivity contribution in [3.63, 3.8) is 0 Å². The average Bonchev–Trinajstić information content (AvgIpc) is 2.57. The Hall–Kier alpha value is -0.370. The summed E-state index contributed by atoms with van der Waals surface area (Å²) < 4.78 is 0. The molecule has 2 nitrogen and oxygen atoms in total. The molecular weight excluding hydrogens is 210 g/mol. The number of nitrogens with zero attached hydrogens (tertiary/aromatic N) is 1. The monoisotopic (exact) mass is 239 g/mol. The minimum absolute atomic E-state index is 0.0928. The van der Waals surface area contributed by atoms with Gasteiger partial charge in [-0.3, -0.25) is 9.69 Å². The van der Waals surface area contributed by atoms with Crippen LogP contribution in [-0.4, -0.2) is 28.8 Å². The lowest BCUT2D eigenvalue weighted by Gasteiger charge is -2.40. The molecule has 0 aromatic rings. The van der Waals surface area contributed by atoms with Gasteiger partial charge in [-0.1, -0.05) is 34.1 Å². The molecule has 0 bridgehead atoms. The van der Waals surface area contributed by atoms with Crippen molar-refractivity contribution in [2.75, 3.05) is 6.54 Å². The molecule has 100 valence electrons. The van der Waals surface area contributed by atoms with Crippen LogP contribution in [0.25, 0.3) is 0 Å². The van der Waals surface area contributed by atoms with Gasteiger partial charge in [0.1, 0.15) is 0 Å². The van der Waals surface area contributed by atoms with Crippen molar-refractivity contribution in [2.24, 2.45) is 11.3 Å². The van der Waals surface area contributed by atoms with E-state index >= 15 is 0 Å². The van der Waals surface area contributed by atoms with Gasteiger partial charge in [-0.05, 0) is 39.7 Å². The summed E-state index contributed by atoms with van der Waals surface area (Å²) in [4.78, 5) is 15.1. The minimum Gasteiger partial charge on any atom is -0.297 e. The number of hydrogen-bond donors (Lipinski definition) is 0. The Kier molecular flexibility index (Phi) is 4.08. The predicted octanol–water partition coefficient (Wildman–Crippen LogP) is 3.50. The molecule has 1 heterocycles. The van der Waals surface area contributed by atoms with Crippen LogP contribution in [0.4, 0.5) is 0 Å². The summed E-state index contributed by atoms with van der Waals surface area (Å²) in [6.45, 7) is 16.0. The summed E-state index contributed by atoms with van der Waals surface area (Å²) >= 11 is 0. The summed E-state index contributed by atoms with van der Waals surface area (Å²) in [5.74, 6) is 0.956. The summed E-state index contributed by atoms with van der Waals surface area (Å²) in [6, 6.07) is 0.125. The lowest BCUT2D eigenvalue weighted by molar-refractivity contribution is -0.134. The molecule has 2 unspecified atom stereocenters. The average molecular weight is 239 g/mol. The van der Waals surface area contributed by atoms with Crippen molar-refractivity contribution in [1.82, 2.24) is 4.90 Å². The fraction of sp³-hybridized carbons (Fsp3) is 0.933. The zero-order valence-corrected chi connectivity index (χ0v) is 12.6. The van der Waals surface area contributed by atoms with Gasteiger partial charge in [0.2, 0.25) is 0 Å². The number of carbonyl (C=O) groups is 1. The number of ketones is 1. The highest BCUT2D eigenvalue weighted by molar-refractivity contribution is 5.89. The van der Waals surface area contributed by atoms with Gasteiger partial charge in [-0.2, -0.15) is 0 Å². The molecule has 2 heteroatoms. The van der Waals surface area contributed by atoms with E-state index < -0.39 is 0 Å². The van der Waals surface area contributed by atoms with Gasteiger partial charge < -0.3 is 0 Å². The van der Waals surface area contributed by atoms with Crippen LogP contribution < -0.4 is 0 Å². The van der Waals surface area contributed by atoms with E-state index in [2.05, 4.69) is 32.6 Å². The topological polar surface area (TPSA) is 20.3 Å². The van der Waals surface area contributed by atoms with Crippen LogP contribution >= 0.6 is 0 Å². The van der Waals surface area contributed by atoms with Crippen LogP contribution in [-0.2, 0) is 4.79 Å². The number of carbonyl (C=O) groups excluding carboxylic acids is 1. The second-order valence-corrected chi connectivity index (χ2v) is 7.38. The molecule has 0 N–H and O–H groups in total. The van der Waals surface area contributed by atoms with Gasteiger partial charge in [0.05, 0.1) is 6.04 Å². The Morgan fingerprint density at radius 2 is 1.71 bits per heavy atom. The van der Waals surface area contributed by atoms with Crippen molar-refractivity contribution >= 4 is 5.78 Å². The van der Waals surface area contributed by atoms with Gasteiger partial charge in [0, 0.05) is 11.0 Å². The highest BCUT2D eigenvalue weighted by Gasteiger charge is 2.45. The zero-order valence-electron chi connectivity index (χ0n) is 12.6. The minimum atomic E-state index is -0.230. The van der Waals surface area contributed by atoms with Gasteiger partial charge in [0.25, 0.3) is 0 Å². The first-order valence-electron chi connectivity index (χ1n) is 6.90. The third kappa shape index (κ3) is 3.09. The van der Waals surface area contributed by atoms with Crippen LogP contribution in [0.1, 0.15) is 61.3 Å². The Morgan fingerprint density at radius 3 is 2.06 bits per heavy atom. The number of hydrogen-bond acceptors (Lipinski definition) is 2. The molecule has 1 aliphatic rings. The third-order valence-corrected chi connectivity index (χ3v) is 3.92. The molecule has 2 atom stereocenters. The molecule has 1 rings (SSSR count). The van der Waals surface area contributed by atoms with Crippen molar-refractivity contribution in [1.29, 1.82) is 0 Å². The van der Waals surface area contributed by atoms with Crippen molar-refractivity contribution < 1.29 is 4.79 Å². The van der Waals surface area contributed by atoms with Crippen LogP contribution in [0.5, 0.6) is 0 Å². The Bertz CT molecular complexity index is 282. The highest BCUT2D eigenvalue weighted by Crippen LogP contribution is 2.36. The first-order chi connectivity index (χ1) is 7.59. The van der Waals surface area contributed by atoms with Crippen LogP contribution in [0.15, 0.2) is 0 Å². The lowest BCUT2D eigenvalue weighted by Crippen LogP contribution is -2.52. The van der Waals surface area contributed by atoms with Crippen LogP contribution in [0.3, 0.4) is 0 Å². The Morgan fingerprint density at radius 1 is 1.18 bits per heavy atom. The summed E-state index contributed by atoms with van der Waals surface area (Å²) in [6.07, 6.45) is 2.28. The number of likely N-dealkylation sites (tertiary alicyclic amines) is 1. The quantitative estimate of drug-likeness (QED) is 0.735. The van der Waals surface area contributed by atoms with Crippen molar-refractivity contribution in [2.45, 2.75) is 72.9 Å². The molecule has 1 fully saturated rings. The molecule has 0 radical (unpaired) electrons. The van der Waals surface area contributed by atoms with E-state index in [9.17, 15) is 4.79 Å². The fourth-order valence-electron chi connectivity index (χ4n) is 2.84. The second-order valence-electron chi connectivity index (χ2n) is 7.38. The van der Waals surface area contributed by atoms with E-state index in [-0.39, 0.29) is 17.0 Å². The Labute approximate surface area is 107 Å². The maximum atomic E-state index is 12.7. The highest BCUT2D eigenvalue weighted by atomic mass is 16.1. The molecule has 1 saturated heterocycles. The van der Waals surface area contributed by atoms with E-state index in [0.717, 1.165) is 13.0 Å². The second kappa shape index (κ2) is 4.72. The molecule has 0 aromatic carbocycles. The van der Waals surface area contributed by atoms with Gasteiger partial charge in [-0.15, -0.1) is 0 Å². The molecule has 0 aromatic heterocycles. The zero-order chi connectivity index (χ0) is 13.4. The molecule has 0 spiro atoms. The van der Waals surface area contributed by atoms with Crippen LogP contribution in [0, 0.1) is 11.3 Å². The lowest BCUT2D eigenvalue weighted by atomic mass is 9.80. The van der Waals surface area contributed by atoms with E-state index in [1.165, 1.54) is 6.42 Å². The van der Waals surface area contributed by atoms with Crippen LogP contribution in [0.2, 0.25) is 0 Å². The Balaban J connectivity index is 3.00. The summed E-state index contributed by atoms with van der Waals surface area (Å²) in [5.41, 5.74) is -0.137. The normalized spacial score (nSPS) is 27.5. The van der Waals surface area contributed by atoms with Gasteiger partial charge in [0.15, 0.2) is 5.78 Å². The summed E-state index contributed by atoms with van der Waals surface area (Å²) in [7, 11) is 0. The first kappa shape index (κ1) is 14.7. The SMILES string of the molecule is CCC1CCN(C(C)(C)C)C1C(=O)C(C)(C)C. The molecule has 1 aliphatic heterocycles. The number of rotatable bonds is 2. The van der Waals surface area contributed by atoms with Crippen molar-refractivity contribution in [3.05, 3.63) is 0 Å². The molecule has 0 amide bonds. The predicted molar refractivity (Wildman–Crippen MR) is 73.1 cm³/mol. The largest absolute Gasteiger partial charge is 0.297 e. The third-order valence-electron chi connectivity index (χ3n) is 3.92. The number of Topliss-reactive ketones (excluding diaryl/α,β-unsaturated/α-hetero) is 1. The van der Waals surface area contributed by atoms with E-state index in [4.69, 9.17) is 0 Å². The van der Waals surface area contributed by atoms with Crippen molar-refractivity contribution in [3.8, 4) is 0 Å². The van der Waals surface area contributed by atoms with E-state index in [0.29, 0.717) is 11.7 Å². The standard InChI is InChI=1S/C15H29NO/c1-8-11-9-10-16(15(5,6)7)12(11)13(17)14(2,3)4/h11-12H,8-10H2,1-7H3. The first-order valence-corrected chi connectivity index (χ1v) is 6.90. The van der Waals surface area contributed by atoms with E-state index in [1.54, 1.807) is 0 Å². The van der Waals surface area contributed by atoms with Gasteiger partial charge >= 0.3 is 0 Å². The molecule has 0 saturated carbocycles. The smallest absolute Gasteiger partial charge is 0.155 e. The van der Waals surface area contributed by atoms with E-state index in [1.807, 2.05) is 20.8 Å². The molecule has 0 aliphatic carbocycles.